The lowest BCUT2D eigenvalue weighted by molar-refractivity contribution is 0.439. The predicted octanol–water partition coefficient (Wildman–Crippen LogP) is 4.00. The molecule has 0 saturated carbocycles. The molecule has 2 heterocycles. The maximum atomic E-state index is 11.3. The molecule has 0 aliphatic carbocycles. The first kappa shape index (κ1) is 17.0. The number of halogens is 1. The fourth-order valence-corrected chi connectivity index (χ4v) is 3.90. The van der Waals surface area contributed by atoms with Crippen LogP contribution in [0.1, 0.15) is 0 Å². The number of hydrogen-bond acceptors (Lipinski definition) is 7. The Morgan fingerprint density at radius 1 is 1.08 bits per heavy atom. The monoisotopic (exact) mass is 406 g/mol. The van der Waals surface area contributed by atoms with Crippen molar-refractivity contribution < 1.29 is 12.9 Å². The molecule has 0 aliphatic heterocycles. The molecule has 4 rings (SSSR count). The average molecular weight is 407 g/mol. The summed E-state index contributed by atoms with van der Waals surface area (Å²) < 4.78 is 28.8. The van der Waals surface area contributed by atoms with Crippen molar-refractivity contribution in [1.29, 1.82) is 0 Å². The number of primary sulfonamides is 1. The number of sulfonamides is 1. The molecule has 0 aliphatic rings. The molecule has 4 aromatic rings. The summed E-state index contributed by atoms with van der Waals surface area (Å²) in [4.78, 5) is 4.42. The summed E-state index contributed by atoms with van der Waals surface area (Å²) in [5, 5.41) is 13.4. The zero-order chi connectivity index (χ0) is 18.3. The molecule has 0 atom stereocenters. The fourth-order valence-electron chi connectivity index (χ4n) is 2.34. The summed E-state index contributed by atoms with van der Waals surface area (Å²) in [6.07, 6.45) is 0. The van der Waals surface area contributed by atoms with Crippen molar-refractivity contribution >= 4 is 54.1 Å². The molecule has 0 saturated heterocycles. The van der Waals surface area contributed by atoms with E-state index in [-0.39, 0.29) is 4.90 Å². The Hall–Kier alpha value is -2.46. The molecular formula is C16H11ClN4O3S2. The van der Waals surface area contributed by atoms with Gasteiger partial charge in [-0.2, -0.15) is 4.98 Å². The van der Waals surface area contributed by atoms with E-state index in [0.29, 0.717) is 27.2 Å². The molecular weight excluding hydrogens is 396 g/mol. The number of hydrogen-bond donors (Lipinski definition) is 2. The number of benzene rings is 2. The highest BCUT2D eigenvalue weighted by Gasteiger charge is 2.16. The summed E-state index contributed by atoms with van der Waals surface area (Å²) in [6, 6.07) is 13.3. The van der Waals surface area contributed by atoms with Crippen molar-refractivity contribution in [2.45, 2.75) is 4.90 Å². The Morgan fingerprint density at radius 3 is 2.42 bits per heavy atom. The number of fused-ring (bicyclic) bond motifs is 1. The molecule has 0 unspecified atom stereocenters. The van der Waals surface area contributed by atoms with Crippen LogP contribution >= 0.6 is 22.9 Å². The minimum Gasteiger partial charge on any atom is -0.352 e. The SMILES string of the molecule is NS(=O)(=O)c1ccc(Nc2nc3noc(-c4ccc(Cl)cc4)c3s2)cc1. The number of rotatable bonds is 4. The molecule has 2 aromatic carbocycles. The van der Waals surface area contributed by atoms with Crippen LogP contribution < -0.4 is 10.5 Å². The van der Waals surface area contributed by atoms with Gasteiger partial charge >= 0.3 is 0 Å². The second kappa shape index (κ2) is 6.36. The molecule has 132 valence electrons. The normalized spacial score (nSPS) is 11.8. The topological polar surface area (TPSA) is 111 Å². The van der Waals surface area contributed by atoms with E-state index in [1.165, 1.54) is 23.5 Å². The largest absolute Gasteiger partial charge is 0.352 e. The van der Waals surface area contributed by atoms with Crippen LogP contribution in [0.3, 0.4) is 0 Å². The van der Waals surface area contributed by atoms with Gasteiger partial charge in [-0.1, -0.05) is 28.1 Å². The predicted molar refractivity (Wildman–Crippen MR) is 101 cm³/mol. The molecule has 3 N–H and O–H groups in total. The van der Waals surface area contributed by atoms with E-state index in [1.807, 2.05) is 12.1 Å². The van der Waals surface area contributed by atoms with Crippen molar-refractivity contribution in [2.24, 2.45) is 5.14 Å². The first-order chi connectivity index (χ1) is 12.4. The van der Waals surface area contributed by atoms with Gasteiger partial charge in [-0.05, 0) is 48.5 Å². The summed E-state index contributed by atoms with van der Waals surface area (Å²) in [6.45, 7) is 0. The average Bonchev–Trinajstić information content (AvgIpc) is 3.15. The van der Waals surface area contributed by atoms with E-state index < -0.39 is 10.0 Å². The van der Waals surface area contributed by atoms with Gasteiger partial charge < -0.3 is 9.84 Å². The highest BCUT2D eigenvalue weighted by Crippen LogP contribution is 2.36. The molecule has 7 nitrogen and oxygen atoms in total. The van der Waals surface area contributed by atoms with E-state index in [1.54, 1.807) is 24.3 Å². The van der Waals surface area contributed by atoms with E-state index in [2.05, 4.69) is 15.5 Å². The molecule has 0 radical (unpaired) electrons. The number of nitrogens with zero attached hydrogens (tertiary/aromatic N) is 2. The number of nitrogens with two attached hydrogens (primary N) is 1. The Bertz CT molecular complexity index is 1180. The molecule has 0 bridgehead atoms. The van der Waals surface area contributed by atoms with Crippen LogP contribution in [0.15, 0.2) is 57.9 Å². The van der Waals surface area contributed by atoms with Gasteiger partial charge in [-0.25, -0.2) is 13.6 Å². The second-order valence-electron chi connectivity index (χ2n) is 5.38. The van der Waals surface area contributed by atoms with Gasteiger partial charge in [0.15, 0.2) is 10.9 Å². The zero-order valence-electron chi connectivity index (χ0n) is 13.0. The van der Waals surface area contributed by atoms with Gasteiger partial charge in [0.1, 0.15) is 4.70 Å². The number of thiazole rings is 1. The van der Waals surface area contributed by atoms with Crippen LogP contribution in [0.5, 0.6) is 0 Å². The lowest BCUT2D eigenvalue weighted by atomic mass is 10.2. The molecule has 26 heavy (non-hydrogen) atoms. The van der Waals surface area contributed by atoms with Crippen LogP contribution in [-0.4, -0.2) is 18.6 Å². The molecule has 0 amide bonds. The molecule has 0 fully saturated rings. The van der Waals surface area contributed by atoms with E-state index in [4.69, 9.17) is 21.3 Å². The van der Waals surface area contributed by atoms with Crippen molar-refractivity contribution in [3.05, 3.63) is 53.6 Å². The standard InChI is InChI=1S/C16H11ClN4O3S2/c17-10-3-1-9(2-4-10)13-14-15(21-24-13)20-16(25-14)19-11-5-7-12(8-6-11)26(18,22)23/h1-8H,(H2,18,22,23)(H,19,20,21). The third-order valence-corrected chi connectivity index (χ3v) is 5.72. The Balaban J connectivity index is 1.63. The number of anilines is 2. The zero-order valence-corrected chi connectivity index (χ0v) is 15.4. The minimum absolute atomic E-state index is 0.0476. The molecule has 0 spiro atoms. The summed E-state index contributed by atoms with van der Waals surface area (Å²) in [7, 11) is -3.72. The maximum absolute atomic E-state index is 11.3. The van der Waals surface area contributed by atoms with Gasteiger partial charge in [0.25, 0.3) is 0 Å². The Labute approximate surface area is 157 Å². The Morgan fingerprint density at radius 2 is 1.77 bits per heavy atom. The Kier molecular flexibility index (Phi) is 4.16. The fraction of sp³-hybridized carbons (Fsp3) is 0. The van der Waals surface area contributed by atoms with E-state index in [9.17, 15) is 8.42 Å². The van der Waals surface area contributed by atoms with Crippen molar-refractivity contribution in [3.63, 3.8) is 0 Å². The summed E-state index contributed by atoms with van der Waals surface area (Å²) >= 11 is 7.29. The van der Waals surface area contributed by atoms with Crippen LogP contribution in [-0.2, 0) is 10.0 Å². The van der Waals surface area contributed by atoms with E-state index >= 15 is 0 Å². The highest BCUT2D eigenvalue weighted by molar-refractivity contribution is 7.89. The lowest BCUT2D eigenvalue weighted by Gasteiger charge is -2.03. The van der Waals surface area contributed by atoms with Crippen LogP contribution in [0.2, 0.25) is 5.02 Å². The molecule has 10 heteroatoms. The maximum Gasteiger partial charge on any atom is 0.238 e. The van der Waals surface area contributed by atoms with Crippen LogP contribution in [0.4, 0.5) is 10.8 Å². The third kappa shape index (κ3) is 3.29. The smallest absolute Gasteiger partial charge is 0.238 e. The van der Waals surface area contributed by atoms with Crippen LogP contribution in [0, 0.1) is 0 Å². The first-order valence-corrected chi connectivity index (χ1v) is 10.1. The number of aromatic nitrogens is 2. The van der Waals surface area contributed by atoms with Crippen LogP contribution in [0.25, 0.3) is 21.7 Å². The van der Waals surface area contributed by atoms with Gasteiger partial charge in [0, 0.05) is 16.3 Å². The first-order valence-electron chi connectivity index (χ1n) is 7.32. The highest BCUT2D eigenvalue weighted by atomic mass is 35.5. The van der Waals surface area contributed by atoms with Crippen molar-refractivity contribution in [1.82, 2.24) is 10.1 Å². The quantitative estimate of drug-likeness (QED) is 0.530. The summed E-state index contributed by atoms with van der Waals surface area (Å²) in [5.74, 6) is 0.617. The van der Waals surface area contributed by atoms with Gasteiger partial charge in [0.05, 0.1) is 4.90 Å². The third-order valence-electron chi connectivity index (χ3n) is 3.58. The lowest BCUT2D eigenvalue weighted by Crippen LogP contribution is -2.11. The van der Waals surface area contributed by atoms with Crippen molar-refractivity contribution in [2.75, 3.05) is 5.32 Å². The second-order valence-corrected chi connectivity index (χ2v) is 8.38. The molecule has 2 aromatic heterocycles. The van der Waals surface area contributed by atoms with E-state index in [0.717, 1.165) is 10.3 Å². The minimum atomic E-state index is -3.72. The summed E-state index contributed by atoms with van der Waals surface area (Å²) in [5.41, 5.74) is 2.02. The van der Waals surface area contributed by atoms with Gasteiger partial charge in [0.2, 0.25) is 15.7 Å². The van der Waals surface area contributed by atoms with Gasteiger partial charge in [-0.15, -0.1) is 0 Å². The van der Waals surface area contributed by atoms with Gasteiger partial charge in [-0.3, -0.25) is 0 Å². The van der Waals surface area contributed by atoms with Crippen molar-refractivity contribution in [3.8, 4) is 11.3 Å². The number of nitrogens with one attached hydrogen (secondary N) is 1.